The third-order valence-electron chi connectivity index (χ3n) is 3.25. The van der Waals surface area contributed by atoms with Gasteiger partial charge in [0.2, 0.25) is 0 Å². The van der Waals surface area contributed by atoms with Crippen molar-refractivity contribution >= 4 is 19.2 Å². The highest BCUT2D eigenvalue weighted by molar-refractivity contribution is 6.93. The van der Waals surface area contributed by atoms with Crippen LogP contribution in [-0.4, -0.2) is 21.2 Å². The fourth-order valence-corrected chi connectivity index (χ4v) is 3.64. The Labute approximate surface area is 128 Å². The van der Waals surface area contributed by atoms with Gasteiger partial charge in [-0.05, 0) is 31.0 Å². The maximum atomic E-state index is 10.9. The third-order valence-corrected chi connectivity index (χ3v) is 5.96. The Morgan fingerprint density at radius 2 is 1.95 bits per heavy atom. The molecule has 0 amide bonds. The summed E-state index contributed by atoms with van der Waals surface area (Å²) in [5.74, 6) is -0.291. The first-order chi connectivity index (χ1) is 10.1. The third kappa shape index (κ3) is 6.93. The zero-order valence-corrected chi connectivity index (χ0v) is 14.1. The molecule has 21 heavy (non-hydrogen) atoms. The summed E-state index contributed by atoms with van der Waals surface area (Å²) in [5.41, 5.74) is 5.57. The minimum atomic E-state index is -1.52. The van der Waals surface area contributed by atoms with Crippen LogP contribution in [0.2, 0.25) is 13.1 Å². The highest BCUT2D eigenvalue weighted by Crippen LogP contribution is 2.05. The van der Waals surface area contributed by atoms with Gasteiger partial charge in [0.05, 0.1) is 7.11 Å². The predicted octanol–water partition coefficient (Wildman–Crippen LogP) is 3.75. The van der Waals surface area contributed by atoms with E-state index in [2.05, 4.69) is 65.7 Å². The minimum absolute atomic E-state index is 0.291. The van der Waals surface area contributed by atoms with Gasteiger partial charge in [0.1, 0.15) is 8.07 Å². The van der Waals surface area contributed by atoms with Crippen LogP contribution in [0.25, 0.3) is 0 Å². The van der Waals surface area contributed by atoms with Gasteiger partial charge in [0, 0.05) is 6.08 Å². The van der Waals surface area contributed by atoms with Crippen LogP contribution < -0.4 is 5.19 Å². The first-order valence-corrected chi connectivity index (χ1v) is 10.4. The Morgan fingerprint density at radius 1 is 1.24 bits per heavy atom. The Morgan fingerprint density at radius 3 is 2.62 bits per heavy atom. The van der Waals surface area contributed by atoms with Gasteiger partial charge in [0.15, 0.2) is 0 Å². The SMILES string of the molecule is COC(=O)/C=C/CCCC=C=C[Si](C)(C)c1ccccc1. The van der Waals surface area contributed by atoms with Crippen LogP contribution in [0.1, 0.15) is 19.3 Å². The van der Waals surface area contributed by atoms with Crippen molar-refractivity contribution in [2.24, 2.45) is 0 Å². The number of benzene rings is 1. The first kappa shape index (κ1) is 17.2. The van der Waals surface area contributed by atoms with Gasteiger partial charge in [-0.25, -0.2) is 4.79 Å². The number of carbonyl (C=O) groups is 1. The average molecular weight is 300 g/mol. The molecule has 1 aromatic carbocycles. The van der Waals surface area contributed by atoms with Crippen molar-refractivity contribution in [1.82, 2.24) is 0 Å². The molecule has 0 atom stereocenters. The molecule has 0 aliphatic carbocycles. The lowest BCUT2D eigenvalue weighted by atomic mass is 10.2. The number of unbranched alkanes of at least 4 members (excludes halogenated alkanes) is 2. The normalized spacial score (nSPS) is 11.0. The Hall–Kier alpha value is -1.83. The van der Waals surface area contributed by atoms with Crippen molar-refractivity contribution in [2.75, 3.05) is 7.11 Å². The molecular weight excluding hydrogens is 276 g/mol. The van der Waals surface area contributed by atoms with E-state index >= 15 is 0 Å². The molecule has 0 aliphatic rings. The summed E-state index contributed by atoms with van der Waals surface area (Å²) >= 11 is 0. The number of esters is 1. The van der Waals surface area contributed by atoms with E-state index in [4.69, 9.17) is 0 Å². The summed E-state index contributed by atoms with van der Waals surface area (Å²) in [5, 5.41) is 1.42. The highest BCUT2D eigenvalue weighted by atomic mass is 28.3. The van der Waals surface area contributed by atoms with Crippen LogP contribution in [0.15, 0.2) is 60.0 Å². The summed E-state index contributed by atoms with van der Waals surface area (Å²) < 4.78 is 4.53. The molecule has 0 unspecified atom stereocenters. The number of allylic oxidation sites excluding steroid dienone is 2. The van der Waals surface area contributed by atoms with E-state index in [0.717, 1.165) is 19.3 Å². The predicted molar refractivity (Wildman–Crippen MR) is 91.2 cm³/mol. The maximum Gasteiger partial charge on any atom is 0.330 e. The van der Waals surface area contributed by atoms with Crippen molar-refractivity contribution in [3.63, 3.8) is 0 Å². The lowest BCUT2D eigenvalue weighted by Crippen LogP contribution is -2.39. The average Bonchev–Trinajstić information content (AvgIpc) is 2.50. The smallest absolute Gasteiger partial charge is 0.330 e. The van der Waals surface area contributed by atoms with E-state index in [1.807, 2.05) is 6.08 Å². The van der Waals surface area contributed by atoms with E-state index < -0.39 is 8.07 Å². The molecule has 0 saturated heterocycles. The molecule has 0 fully saturated rings. The zero-order valence-electron chi connectivity index (χ0n) is 13.1. The summed E-state index contributed by atoms with van der Waals surface area (Å²) in [6, 6.07) is 10.6. The van der Waals surface area contributed by atoms with Crippen molar-refractivity contribution in [3.05, 3.63) is 60.0 Å². The fraction of sp³-hybridized carbons (Fsp3) is 0.333. The lowest BCUT2D eigenvalue weighted by molar-refractivity contribution is -0.134. The molecule has 2 nitrogen and oxygen atoms in total. The molecule has 112 valence electrons. The van der Waals surface area contributed by atoms with Crippen LogP contribution in [-0.2, 0) is 9.53 Å². The van der Waals surface area contributed by atoms with Gasteiger partial charge >= 0.3 is 5.97 Å². The molecule has 0 aliphatic heterocycles. The van der Waals surface area contributed by atoms with Crippen molar-refractivity contribution < 1.29 is 9.53 Å². The summed E-state index contributed by atoms with van der Waals surface area (Å²) in [6.45, 7) is 4.64. The summed E-state index contributed by atoms with van der Waals surface area (Å²) in [6.07, 6.45) is 8.29. The van der Waals surface area contributed by atoms with E-state index in [0.29, 0.717) is 0 Å². The second-order valence-corrected chi connectivity index (χ2v) is 9.77. The second kappa shape index (κ2) is 9.17. The fourth-order valence-electron chi connectivity index (χ4n) is 1.89. The van der Waals surface area contributed by atoms with Gasteiger partial charge in [0.25, 0.3) is 0 Å². The van der Waals surface area contributed by atoms with Crippen molar-refractivity contribution in [2.45, 2.75) is 32.4 Å². The Bertz CT molecular complexity index is 523. The zero-order chi connectivity index (χ0) is 15.6. The van der Waals surface area contributed by atoms with Gasteiger partial charge in [-0.1, -0.05) is 54.7 Å². The lowest BCUT2D eigenvalue weighted by Gasteiger charge is -2.16. The molecule has 1 rings (SSSR count). The maximum absolute atomic E-state index is 10.9. The Kier molecular flexibility index (Phi) is 7.52. The van der Waals surface area contributed by atoms with Crippen LogP contribution in [0.4, 0.5) is 0 Å². The Balaban J connectivity index is 2.39. The molecule has 0 heterocycles. The minimum Gasteiger partial charge on any atom is -0.466 e. The molecule has 0 spiro atoms. The standard InChI is InChI=1S/C18H24O2Si/c1-20-18(19)15-11-6-4-5-7-12-16-21(2,3)17-13-9-8-10-14-17/h7-11,13-16H,4-6H2,1-3H3/b15-11+. The van der Waals surface area contributed by atoms with Crippen LogP contribution in [0.5, 0.6) is 0 Å². The molecule has 0 N–H and O–H groups in total. The molecule has 0 bridgehead atoms. The molecule has 0 saturated carbocycles. The number of hydrogen-bond donors (Lipinski definition) is 0. The molecule has 3 heteroatoms. The van der Waals surface area contributed by atoms with Crippen LogP contribution in [0.3, 0.4) is 0 Å². The number of carbonyl (C=O) groups excluding carboxylic acids is 1. The number of methoxy groups -OCH3 is 1. The van der Waals surface area contributed by atoms with Crippen molar-refractivity contribution in [1.29, 1.82) is 0 Å². The molecule has 1 aromatic rings. The molecular formula is C18H24O2Si. The van der Waals surface area contributed by atoms with Gasteiger partial charge in [-0.2, -0.15) is 0 Å². The highest BCUT2D eigenvalue weighted by Gasteiger charge is 2.18. The topological polar surface area (TPSA) is 26.3 Å². The van der Waals surface area contributed by atoms with Crippen LogP contribution >= 0.6 is 0 Å². The summed E-state index contributed by atoms with van der Waals surface area (Å²) in [7, 11) is -0.130. The molecule has 0 radical (unpaired) electrons. The quantitative estimate of drug-likeness (QED) is 0.252. The first-order valence-electron chi connectivity index (χ1n) is 7.28. The van der Waals surface area contributed by atoms with Crippen molar-refractivity contribution in [3.8, 4) is 0 Å². The van der Waals surface area contributed by atoms with Gasteiger partial charge in [-0.15, -0.1) is 5.73 Å². The van der Waals surface area contributed by atoms with E-state index in [1.165, 1.54) is 18.4 Å². The van der Waals surface area contributed by atoms with Crippen LogP contribution in [0, 0.1) is 0 Å². The summed E-state index contributed by atoms with van der Waals surface area (Å²) in [4.78, 5) is 10.9. The number of hydrogen-bond acceptors (Lipinski definition) is 2. The van der Waals surface area contributed by atoms with E-state index in [-0.39, 0.29) is 5.97 Å². The van der Waals surface area contributed by atoms with Gasteiger partial charge in [-0.3, -0.25) is 0 Å². The van der Waals surface area contributed by atoms with E-state index in [1.54, 1.807) is 0 Å². The second-order valence-electron chi connectivity index (χ2n) is 5.46. The number of ether oxygens (including phenoxy) is 1. The van der Waals surface area contributed by atoms with E-state index in [9.17, 15) is 4.79 Å². The largest absolute Gasteiger partial charge is 0.466 e. The molecule has 0 aromatic heterocycles. The van der Waals surface area contributed by atoms with Gasteiger partial charge < -0.3 is 4.74 Å². The monoisotopic (exact) mass is 300 g/mol. The number of rotatable bonds is 7.